The Bertz CT molecular complexity index is 1260. The van der Waals surface area contributed by atoms with Crippen molar-refractivity contribution in [2.24, 2.45) is 0 Å². The van der Waals surface area contributed by atoms with Crippen LogP contribution in [0.5, 0.6) is 5.75 Å². The third-order valence-electron chi connectivity index (χ3n) is 4.84. The summed E-state index contributed by atoms with van der Waals surface area (Å²) in [7, 11) is 1.60. The Labute approximate surface area is 178 Å². The van der Waals surface area contributed by atoms with Crippen LogP contribution in [0.3, 0.4) is 0 Å². The Hall–Kier alpha value is -3.50. The summed E-state index contributed by atoms with van der Waals surface area (Å²) in [5, 5.41) is 15.0. The molecule has 4 rings (SSSR count). The van der Waals surface area contributed by atoms with E-state index in [0.29, 0.717) is 22.9 Å². The van der Waals surface area contributed by atoms with E-state index in [2.05, 4.69) is 27.4 Å². The number of methoxy groups -OCH3 is 1. The number of carbonyl (C=O) groups excluding carboxylic acids is 1. The van der Waals surface area contributed by atoms with Gasteiger partial charge in [-0.2, -0.15) is 5.26 Å². The Morgan fingerprint density at radius 3 is 2.97 bits per heavy atom. The van der Waals surface area contributed by atoms with Crippen LogP contribution in [0.15, 0.2) is 59.8 Å². The highest BCUT2D eigenvalue weighted by molar-refractivity contribution is 8.00. The first kappa shape index (κ1) is 19.8. The Morgan fingerprint density at radius 1 is 1.27 bits per heavy atom. The maximum Gasteiger partial charge on any atom is 0.230 e. The van der Waals surface area contributed by atoms with Gasteiger partial charge < -0.3 is 15.0 Å². The van der Waals surface area contributed by atoms with E-state index < -0.39 is 0 Å². The number of hydrogen-bond donors (Lipinski definition) is 2. The van der Waals surface area contributed by atoms with Gasteiger partial charge in [-0.15, -0.1) is 0 Å². The molecule has 2 aromatic heterocycles. The van der Waals surface area contributed by atoms with Gasteiger partial charge in [-0.05, 0) is 42.3 Å². The first-order valence-corrected chi connectivity index (χ1v) is 10.5. The van der Waals surface area contributed by atoms with Crippen molar-refractivity contribution in [1.29, 1.82) is 5.26 Å². The van der Waals surface area contributed by atoms with Crippen molar-refractivity contribution >= 4 is 39.5 Å². The van der Waals surface area contributed by atoms with E-state index in [-0.39, 0.29) is 11.7 Å². The number of para-hydroxylation sites is 1. The number of nitrogens with zero attached hydrogens (tertiary/aromatic N) is 2. The molecule has 0 aliphatic carbocycles. The first-order chi connectivity index (χ1) is 14.7. The van der Waals surface area contributed by atoms with Gasteiger partial charge in [-0.3, -0.25) is 4.79 Å². The number of aromatic nitrogens is 2. The van der Waals surface area contributed by atoms with Crippen molar-refractivity contribution in [1.82, 2.24) is 15.3 Å². The number of benzene rings is 2. The van der Waals surface area contributed by atoms with Crippen molar-refractivity contribution in [2.45, 2.75) is 11.4 Å². The first-order valence-electron chi connectivity index (χ1n) is 9.51. The molecule has 2 heterocycles. The highest BCUT2D eigenvalue weighted by atomic mass is 32.2. The van der Waals surface area contributed by atoms with E-state index in [1.165, 1.54) is 22.7 Å². The molecule has 0 radical (unpaired) electrons. The van der Waals surface area contributed by atoms with Gasteiger partial charge in [0.1, 0.15) is 16.8 Å². The molecule has 0 aliphatic rings. The monoisotopic (exact) mass is 416 g/mol. The molecule has 0 saturated carbocycles. The third kappa shape index (κ3) is 4.24. The van der Waals surface area contributed by atoms with Crippen LogP contribution in [0.25, 0.3) is 21.8 Å². The molecule has 6 nitrogen and oxygen atoms in total. The highest BCUT2D eigenvalue weighted by Gasteiger charge is 2.11. The van der Waals surface area contributed by atoms with E-state index in [9.17, 15) is 10.1 Å². The number of aromatic amines is 1. The second-order valence-electron chi connectivity index (χ2n) is 6.76. The summed E-state index contributed by atoms with van der Waals surface area (Å²) in [6.45, 7) is 0.553. The second kappa shape index (κ2) is 8.89. The van der Waals surface area contributed by atoms with Crippen molar-refractivity contribution < 1.29 is 9.53 Å². The summed E-state index contributed by atoms with van der Waals surface area (Å²) in [6, 6.07) is 17.6. The summed E-state index contributed by atoms with van der Waals surface area (Å²) in [5.74, 6) is 0.834. The molecule has 7 heteroatoms. The minimum absolute atomic E-state index is 0.0830. The van der Waals surface area contributed by atoms with Gasteiger partial charge >= 0.3 is 0 Å². The van der Waals surface area contributed by atoms with Gasteiger partial charge in [0.05, 0.1) is 23.9 Å². The SMILES string of the molecule is COc1ccc2nc(SCC(=O)NCCc3c[nH]c4ccccc34)c(C#N)cc2c1. The molecule has 0 saturated heterocycles. The molecule has 0 aliphatic heterocycles. The lowest BCUT2D eigenvalue weighted by Gasteiger charge is -2.08. The van der Waals surface area contributed by atoms with E-state index in [0.717, 1.165) is 22.8 Å². The zero-order valence-electron chi connectivity index (χ0n) is 16.4. The zero-order chi connectivity index (χ0) is 20.9. The normalized spacial score (nSPS) is 10.8. The number of thioether (sulfide) groups is 1. The Morgan fingerprint density at radius 2 is 2.13 bits per heavy atom. The van der Waals surface area contributed by atoms with Crippen molar-refractivity contribution in [2.75, 3.05) is 19.4 Å². The van der Waals surface area contributed by atoms with E-state index >= 15 is 0 Å². The second-order valence-corrected chi connectivity index (χ2v) is 7.72. The van der Waals surface area contributed by atoms with Gasteiger partial charge in [-0.1, -0.05) is 30.0 Å². The predicted octanol–water partition coefficient (Wildman–Crippen LogP) is 4.05. The van der Waals surface area contributed by atoms with Crippen LogP contribution in [0.2, 0.25) is 0 Å². The molecule has 2 aromatic carbocycles. The quantitative estimate of drug-likeness (QED) is 0.444. The fourth-order valence-corrected chi connectivity index (χ4v) is 4.11. The number of amides is 1. The van der Waals surface area contributed by atoms with Crippen LogP contribution in [0.1, 0.15) is 11.1 Å². The van der Waals surface area contributed by atoms with Gasteiger partial charge in [0.15, 0.2) is 0 Å². The number of nitrogens with one attached hydrogen (secondary N) is 2. The number of pyridine rings is 1. The Kier molecular flexibility index (Phi) is 5.87. The summed E-state index contributed by atoms with van der Waals surface area (Å²) >= 11 is 1.27. The van der Waals surface area contributed by atoms with Crippen LogP contribution in [0.4, 0.5) is 0 Å². The lowest BCUT2D eigenvalue weighted by atomic mass is 10.1. The molecule has 0 bridgehead atoms. The van der Waals surface area contributed by atoms with E-state index in [1.807, 2.05) is 42.6 Å². The molecule has 0 atom stereocenters. The van der Waals surface area contributed by atoms with E-state index in [4.69, 9.17) is 4.74 Å². The standard InChI is InChI=1S/C23H20N4O2S/c1-29-18-6-7-20-16(11-18)10-17(12-24)23(27-20)30-14-22(28)25-9-8-15-13-26-21-5-3-2-4-19(15)21/h2-7,10-11,13,26H,8-9,14H2,1H3,(H,25,28). The molecular weight excluding hydrogens is 396 g/mol. The summed E-state index contributed by atoms with van der Waals surface area (Å²) in [6.07, 6.45) is 2.73. The zero-order valence-corrected chi connectivity index (χ0v) is 17.3. The van der Waals surface area contributed by atoms with Crippen LogP contribution < -0.4 is 10.1 Å². The topological polar surface area (TPSA) is 90.8 Å². The highest BCUT2D eigenvalue weighted by Crippen LogP contribution is 2.27. The van der Waals surface area contributed by atoms with Crippen molar-refractivity contribution in [3.8, 4) is 11.8 Å². The largest absolute Gasteiger partial charge is 0.497 e. The number of hydrogen-bond acceptors (Lipinski definition) is 5. The molecular formula is C23H20N4O2S. The molecule has 2 N–H and O–H groups in total. The maximum absolute atomic E-state index is 12.3. The smallest absolute Gasteiger partial charge is 0.230 e. The van der Waals surface area contributed by atoms with Gasteiger partial charge in [0.25, 0.3) is 0 Å². The molecule has 30 heavy (non-hydrogen) atoms. The van der Waals surface area contributed by atoms with Crippen LogP contribution >= 0.6 is 11.8 Å². The predicted molar refractivity (Wildman–Crippen MR) is 119 cm³/mol. The lowest BCUT2D eigenvalue weighted by Crippen LogP contribution is -2.27. The number of carbonyl (C=O) groups is 1. The number of ether oxygens (including phenoxy) is 1. The molecule has 0 fully saturated rings. The van der Waals surface area contributed by atoms with Crippen LogP contribution in [-0.2, 0) is 11.2 Å². The summed E-state index contributed by atoms with van der Waals surface area (Å²) < 4.78 is 5.22. The fourth-order valence-electron chi connectivity index (χ4n) is 3.31. The number of rotatable bonds is 7. The van der Waals surface area contributed by atoms with Crippen LogP contribution in [-0.4, -0.2) is 35.3 Å². The fraction of sp³-hybridized carbons (Fsp3) is 0.174. The average Bonchev–Trinajstić information content (AvgIpc) is 3.19. The maximum atomic E-state index is 12.3. The molecule has 1 amide bonds. The lowest BCUT2D eigenvalue weighted by molar-refractivity contribution is -0.118. The van der Waals surface area contributed by atoms with E-state index in [1.54, 1.807) is 13.2 Å². The number of nitriles is 1. The number of fused-ring (bicyclic) bond motifs is 2. The summed E-state index contributed by atoms with van der Waals surface area (Å²) in [5.41, 5.74) is 3.49. The van der Waals surface area contributed by atoms with Gasteiger partial charge in [-0.25, -0.2) is 4.98 Å². The summed E-state index contributed by atoms with van der Waals surface area (Å²) in [4.78, 5) is 20.1. The van der Waals surface area contributed by atoms with Gasteiger partial charge in [0, 0.05) is 29.0 Å². The Balaban J connectivity index is 1.36. The van der Waals surface area contributed by atoms with Gasteiger partial charge in [0.2, 0.25) is 5.91 Å². The van der Waals surface area contributed by atoms with Crippen LogP contribution in [0, 0.1) is 11.3 Å². The van der Waals surface area contributed by atoms with Crippen molar-refractivity contribution in [3.63, 3.8) is 0 Å². The minimum Gasteiger partial charge on any atom is -0.497 e. The number of H-pyrrole nitrogens is 1. The molecule has 0 unspecified atom stereocenters. The third-order valence-corrected chi connectivity index (χ3v) is 5.83. The molecule has 0 spiro atoms. The average molecular weight is 417 g/mol. The minimum atomic E-state index is -0.0830. The molecule has 4 aromatic rings. The molecule has 150 valence electrons. The van der Waals surface area contributed by atoms with Crippen molar-refractivity contribution in [3.05, 3.63) is 65.9 Å².